The molecule has 3 heterocycles. The van der Waals surface area contributed by atoms with Crippen LogP contribution in [-0.2, 0) is 6.54 Å². The Labute approximate surface area is 142 Å². The number of benzene rings is 1. The first-order valence-corrected chi connectivity index (χ1v) is 8.61. The third kappa shape index (κ3) is 2.69. The molecule has 4 rings (SSSR count). The number of para-hydroxylation sites is 1. The Morgan fingerprint density at radius 1 is 1.38 bits per heavy atom. The Kier molecular flexibility index (Phi) is 3.81. The second kappa shape index (κ2) is 5.98. The highest BCUT2D eigenvalue weighted by atomic mass is 16.3. The zero-order chi connectivity index (χ0) is 16.7. The molecule has 2 N–H and O–H groups in total. The largest absolute Gasteiger partial charge is 0.459 e. The first-order chi connectivity index (χ1) is 11.6. The number of furan rings is 1. The summed E-state index contributed by atoms with van der Waals surface area (Å²) in [5, 5.41) is 12.8. The van der Waals surface area contributed by atoms with Crippen molar-refractivity contribution in [2.45, 2.75) is 33.4 Å². The molecule has 5 heteroatoms. The van der Waals surface area contributed by atoms with Crippen LogP contribution in [0.2, 0.25) is 0 Å². The minimum atomic E-state index is 0.193. The first kappa shape index (κ1) is 15.3. The van der Waals surface area contributed by atoms with Gasteiger partial charge in [-0.25, -0.2) is 4.68 Å². The molecule has 1 aliphatic rings. The highest BCUT2D eigenvalue weighted by Gasteiger charge is 2.21. The molecule has 2 aromatic heterocycles. The summed E-state index contributed by atoms with van der Waals surface area (Å²) in [6, 6.07) is 10.5. The molecule has 0 amide bonds. The SMILES string of the molecule is Cc1cc2n(n1)C[C@H](CN[C@H](C)c1oc3ccccc3c1C)CN2. The quantitative estimate of drug-likeness (QED) is 0.769. The van der Waals surface area contributed by atoms with Crippen LogP contribution < -0.4 is 10.6 Å². The zero-order valence-electron chi connectivity index (χ0n) is 14.5. The average molecular weight is 324 g/mol. The van der Waals surface area contributed by atoms with E-state index in [0.717, 1.165) is 42.5 Å². The lowest BCUT2D eigenvalue weighted by Gasteiger charge is -2.26. The summed E-state index contributed by atoms with van der Waals surface area (Å²) >= 11 is 0. The first-order valence-electron chi connectivity index (χ1n) is 8.61. The van der Waals surface area contributed by atoms with Gasteiger partial charge in [-0.1, -0.05) is 18.2 Å². The Hall–Kier alpha value is -2.27. The summed E-state index contributed by atoms with van der Waals surface area (Å²) < 4.78 is 8.14. The molecule has 0 aliphatic carbocycles. The summed E-state index contributed by atoms with van der Waals surface area (Å²) in [5.41, 5.74) is 3.27. The second-order valence-corrected chi connectivity index (χ2v) is 6.82. The van der Waals surface area contributed by atoms with Crippen molar-refractivity contribution in [1.29, 1.82) is 0 Å². The molecule has 3 aromatic rings. The topological polar surface area (TPSA) is 55.0 Å². The van der Waals surface area contributed by atoms with Crippen LogP contribution in [0, 0.1) is 19.8 Å². The number of aryl methyl sites for hydroxylation is 2. The van der Waals surface area contributed by atoms with Gasteiger partial charge in [0, 0.05) is 37.0 Å². The number of nitrogens with one attached hydrogen (secondary N) is 2. The van der Waals surface area contributed by atoms with Gasteiger partial charge in [0.25, 0.3) is 0 Å². The maximum absolute atomic E-state index is 6.06. The number of hydrogen-bond donors (Lipinski definition) is 2. The van der Waals surface area contributed by atoms with Crippen LogP contribution in [0.5, 0.6) is 0 Å². The van der Waals surface area contributed by atoms with Gasteiger partial charge >= 0.3 is 0 Å². The smallest absolute Gasteiger partial charge is 0.134 e. The number of aromatic nitrogens is 2. The molecule has 0 spiro atoms. The summed E-state index contributed by atoms with van der Waals surface area (Å²) in [6.45, 7) is 9.21. The van der Waals surface area contributed by atoms with E-state index in [9.17, 15) is 0 Å². The maximum atomic E-state index is 6.06. The molecule has 0 saturated heterocycles. The van der Waals surface area contributed by atoms with E-state index in [-0.39, 0.29) is 6.04 Å². The van der Waals surface area contributed by atoms with Crippen molar-refractivity contribution in [3.8, 4) is 0 Å². The van der Waals surface area contributed by atoms with E-state index in [2.05, 4.69) is 52.5 Å². The van der Waals surface area contributed by atoms with Crippen LogP contribution in [0.1, 0.15) is 30.0 Å². The van der Waals surface area contributed by atoms with Gasteiger partial charge in [-0.05, 0) is 32.4 Å². The highest BCUT2D eigenvalue weighted by molar-refractivity contribution is 5.82. The van der Waals surface area contributed by atoms with Crippen molar-refractivity contribution in [2.75, 3.05) is 18.4 Å². The fourth-order valence-corrected chi connectivity index (χ4v) is 3.56. The Balaban J connectivity index is 1.43. The lowest BCUT2D eigenvalue weighted by Crippen LogP contribution is -2.36. The van der Waals surface area contributed by atoms with E-state index in [1.54, 1.807) is 0 Å². The third-order valence-corrected chi connectivity index (χ3v) is 4.89. The Morgan fingerprint density at radius 2 is 2.21 bits per heavy atom. The molecule has 2 atom stereocenters. The van der Waals surface area contributed by atoms with Crippen molar-refractivity contribution in [1.82, 2.24) is 15.1 Å². The minimum Gasteiger partial charge on any atom is -0.459 e. The van der Waals surface area contributed by atoms with Crippen molar-refractivity contribution in [3.63, 3.8) is 0 Å². The number of rotatable bonds is 4. The van der Waals surface area contributed by atoms with E-state index in [1.807, 2.05) is 19.1 Å². The van der Waals surface area contributed by atoms with Gasteiger partial charge in [0.1, 0.15) is 17.2 Å². The van der Waals surface area contributed by atoms with Gasteiger partial charge < -0.3 is 15.1 Å². The van der Waals surface area contributed by atoms with Gasteiger partial charge in [0.15, 0.2) is 0 Å². The molecular weight excluding hydrogens is 300 g/mol. The van der Waals surface area contributed by atoms with Crippen molar-refractivity contribution < 1.29 is 4.42 Å². The molecule has 1 aromatic carbocycles. The summed E-state index contributed by atoms with van der Waals surface area (Å²) in [6.07, 6.45) is 0. The summed E-state index contributed by atoms with van der Waals surface area (Å²) in [7, 11) is 0. The van der Waals surface area contributed by atoms with Crippen LogP contribution in [0.15, 0.2) is 34.7 Å². The van der Waals surface area contributed by atoms with E-state index in [4.69, 9.17) is 4.42 Å². The van der Waals surface area contributed by atoms with Gasteiger partial charge in [-0.3, -0.25) is 0 Å². The maximum Gasteiger partial charge on any atom is 0.134 e. The lowest BCUT2D eigenvalue weighted by atomic mass is 10.1. The standard InChI is InChI=1S/C19H24N4O/c1-12-8-18-21-10-15(11-23(18)22-12)9-20-14(3)19-13(2)16-6-4-5-7-17(16)24-19/h4-8,14-15,20-21H,9-11H2,1-3H3/t14-,15-/m1/s1. The van der Waals surface area contributed by atoms with Crippen LogP contribution in [-0.4, -0.2) is 22.9 Å². The molecule has 0 fully saturated rings. The van der Waals surface area contributed by atoms with Gasteiger partial charge in [-0.15, -0.1) is 0 Å². The summed E-state index contributed by atoms with van der Waals surface area (Å²) in [4.78, 5) is 0. The number of nitrogens with zero attached hydrogens (tertiary/aromatic N) is 2. The number of fused-ring (bicyclic) bond motifs is 2. The summed E-state index contributed by atoms with van der Waals surface area (Å²) in [5.74, 6) is 2.68. The van der Waals surface area contributed by atoms with E-state index in [1.165, 1.54) is 10.9 Å². The normalized spacial score (nSPS) is 18.4. The van der Waals surface area contributed by atoms with Crippen molar-refractivity contribution in [3.05, 3.63) is 47.3 Å². The zero-order valence-corrected chi connectivity index (χ0v) is 14.5. The highest BCUT2D eigenvalue weighted by Crippen LogP contribution is 2.29. The van der Waals surface area contributed by atoms with E-state index in [0.29, 0.717) is 5.92 Å². The molecule has 0 saturated carbocycles. The van der Waals surface area contributed by atoms with E-state index < -0.39 is 0 Å². The third-order valence-electron chi connectivity index (χ3n) is 4.89. The fraction of sp³-hybridized carbons (Fsp3) is 0.421. The van der Waals surface area contributed by atoms with Gasteiger partial charge in [-0.2, -0.15) is 5.10 Å². The minimum absolute atomic E-state index is 0.193. The monoisotopic (exact) mass is 324 g/mol. The van der Waals surface area contributed by atoms with Crippen molar-refractivity contribution >= 4 is 16.8 Å². The average Bonchev–Trinajstić information content (AvgIpc) is 3.12. The van der Waals surface area contributed by atoms with Crippen LogP contribution >= 0.6 is 0 Å². The second-order valence-electron chi connectivity index (χ2n) is 6.82. The van der Waals surface area contributed by atoms with Gasteiger partial charge in [0.05, 0.1) is 11.7 Å². The van der Waals surface area contributed by atoms with Crippen LogP contribution in [0.25, 0.3) is 11.0 Å². The molecule has 1 aliphatic heterocycles. The molecule has 24 heavy (non-hydrogen) atoms. The number of hydrogen-bond acceptors (Lipinski definition) is 4. The molecular formula is C19H24N4O. The Morgan fingerprint density at radius 3 is 3.04 bits per heavy atom. The van der Waals surface area contributed by atoms with Crippen molar-refractivity contribution in [2.24, 2.45) is 5.92 Å². The van der Waals surface area contributed by atoms with Crippen LogP contribution in [0.3, 0.4) is 0 Å². The van der Waals surface area contributed by atoms with Crippen LogP contribution in [0.4, 0.5) is 5.82 Å². The number of anilines is 1. The fourth-order valence-electron chi connectivity index (χ4n) is 3.56. The Bertz CT molecular complexity index is 864. The molecule has 0 unspecified atom stereocenters. The molecule has 126 valence electrons. The predicted octanol–water partition coefficient (Wildman–Crippen LogP) is 3.64. The lowest BCUT2D eigenvalue weighted by molar-refractivity contribution is 0.359. The molecule has 5 nitrogen and oxygen atoms in total. The van der Waals surface area contributed by atoms with E-state index >= 15 is 0 Å². The predicted molar refractivity (Wildman–Crippen MR) is 96.3 cm³/mol. The molecule has 0 radical (unpaired) electrons. The van der Waals surface area contributed by atoms with Gasteiger partial charge in [0.2, 0.25) is 0 Å². The molecule has 0 bridgehead atoms.